The SMILES string of the molecule is NCCCN(C(=O)C1CCCC1)c1cccc(F)c1. The molecular formula is C15H21FN2O. The van der Waals surface area contributed by atoms with Crippen molar-refractivity contribution in [1.82, 2.24) is 0 Å². The van der Waals surface area contributed by atoms with E-state index in [0.717, 1.165) is 32.1 Å². The second-order valence-electron chi connectivity index (χ2n) is 5.09. The Hall–Kier alpha value is -1.42. The number of amides is 1. The topological polar surface area (TPSA) is 46.3 Å². The number of nitrogens with two attached hydrogens (primary N) is 1. The Balaban J connectivity index is 2.16. The van der Waals surface area contributed by atoms with E-state index >= 15 is 0 Å². The molecule has 0 spiro atoms. The van der Waals surface area contributed by atoms with Crippen LogP contribution in [0, 0.1) is 11.7 Å². The fraction of sp³-hybridized carbons (Fsp3) is 0.533. The van der Waals surface area contributed by atoms with Crippen LogP contribution in [-0.2, 0) is 4.79 Å². The summed E-state index contributed by atoms with van der Waals surface area (Å²) in [6.07, 6.45) is 4.87. The molecule has 1 aliphatic carbocycles. The van der Waals surface area contributed by atoms with Gasteiger partial charge in [-0.05, 0) is 44.0 Å². The van der Waals surface area contributed by atoms with Crippen LogP contribution in [0.25, 0.3) is 0 Å². The monoisotopic (exact) mass is 264 g/mol. The Bertz CT molecular complexity index is 430. The molecule has 1 amide bonds. The molecule has 0 heterocycles. The highest BCUT2D eigenvalue weighted by atomic mass is 19.1. The summed E-state index contributed by atoms with van der Waals surface area (Å²) in [5.41, 5.74) is 6.17. The third kappa shape index (κ3) is 3.53. The van der Waals surface area contributed by atoms with Gasteiger partial charge in [0, 0.05) is 18.2 Å². The minimum Gasteiger partial charge on any atom is -0.330 e. The van der Waals surface area contributed by atoms with Gasteiger partial charge in [-0.3, -0.25) is 4.79 Å². The van der Waals surface area contributed by atoms with Crippen LogP contribution in [0.2, 0.25) is 0 Å². The van der Waals surface area contributed by atoms with Crippen molar-refractivity contribution in [2.75, 3.05) is 18.0 Å². The molecule has 0 aromatic heterocycles. The number of anilines is 1. The van der Waals surface area contributed by atoms with E-state index in [4.69, 9.17) is 5.73 Å². The molecule has 2 N–H and O–H groups in total. The van der Waals surface area contributed by atoms with Crippen LogP contribution in [0.15, 0.2) is 24.3 Å². The van der Waals surface area contributed by atoms with Crippen molar-refractivity contribution in [3.05, 3.63) is 30.1 Å². The van der Waals surface area contributed by atoms with Gasteiger partial charge in [0.05, 0.1) is 0 Å². The van der Waals surface area contributed by atoms with E-state index in [-0.39, 0.29) is 17.6 Å². The first kappa shape index (κ1) is 14.0. The van der Waals surface area contributed by atoms with Gasteiger partial charge in [0.1, 0.15) is 5.82 Å². The molecule has 19 heavy (non-hydrogen) atoms. The van der Waals surface area contributed by atoms with E-state index in [9.17, 15) is 9.18 Å². The van der Waals surface area contributed by atoms with Crippen LogP contribution in [0.3, 0.4) is 0 Å². The Morgan fingerprint density at radius 2 is 2.11 bits per heavy atom. The molecule has 1 fully saturated rings. The molecule has 1 aromatic carbocycles. The third-order valence-corrected chi connectivity index (χ3v) is 3.68. The third-order valence-electron chi connectivity index (χ3n) is 3.68. The quantitative estimate of drug-likeness (QED) is 0.888. The largest absolute Gasteiger partial charge is 0.330 e. The average molecular weight is 264 g/mol. The summed E-state index contributed by atoms with van der Waals surface area (Å²) >= 11 is 0. The smallest absolute Gasteiger partial charge is 0.230 e. The van der Waals surface area contributed by atoms with Crippen LogP contribution in [0.5, 0.6) is 0 Å². The van der Waals surface area contributed by atoms with E-state index < -0.39 is 0 Å². The number of carbonyl (C=O) groups is 1. The summed E-state index contributed by atoms with van der Waals surface area (Å²) in [4.78, 5) is 14.2. The van der Waals surface area contributed by atoms with Crippen molar-refractivity contribution in [2.24, 2.45) is 11.7 Å². The lowest BCUT2D eigenvalue weighted by atomic mass is 10.1. The zero-order valence-corrected chi connectivity index (χ0v) is 11.1. The predicted molar refractivity (Wildman–Crippen MR) is 74.4 cm³/mol. The zero-order chi connectivity index (χ0) is 13.7. The minimum atomic E-state index is -0.311. The zero-order valence-electron chi connectivity index (χ0n) is 11.1. The molecule has 0 radical (unpaired) electrons. The van der Waals surface area contributed by atoms with Gasteiger partial charge >= 0.3 is 0 Å². The fourth-order valence-corrected chi connectivity index (χ4v) is 2.65. The molecule has 4 heteroatoms. The minimum absolute atomic E-state index is 0.0982. The lowest BCUT2D eigenvalue weighted by molar-refractivity contribution is -0.122. The summed E-state index contributed by atoms with van der Waals surface area (Å²) in [6.45, 7) is 1.10. The number of nitrogens with zero attached hydrogens (tertiary/aromatic N) is 1. The van der Waals surface area contributed by atoms with Crippen LogP contribution >= 0.6 is 0 Å². The second-order valence-corrected chi connectivity index (χ2v) is 5.09. The number of hydrogen-bond acceptors (Lipinski definition) is 2. The van der Waals surface area contributed by atoms with E-state index in [1.165, 1.54) is 12.1 Å². The Labute approximate surface area is 113 Å². The number of halogens is 1. The highest BCUT2D eigenvalue weighted by Gasteiger charge is 2.27. The molecule has 0 saturated heterocycles. The van der Waals surface area contributed by atoms with Gasteiger partial charge in [-0.1, -0.05) is 18.9 Å². The lowest BCUT2D eigenvalue weighted by Crippen LogP contribution is -2.37. The summed E-state index contributed by atoms with van der Waals surface area (Å²) < 4.78 is 13.3. The lowest BCUT2D eigenvalue weighted by Gasteiger charge is -2.25. The summed E-state index contributed by atoms with van der Waals surface area (Å²) in [7, 11) is 0. The van der Waals surface area contributed by atoms with Gasteiger partial charge in [-0.25, -0.2) is 4.39 Å². The van der Waals surface area contributed by atoms with Crippen molar-refractivity contribution < 1.29 is 9.18 Å². The van der Waals surface area contributed by atoms with Crippen molar-refractivity contribution in [3.63, 3.8) is 0 Å². The number of benzene rings is 1. The first-order valence-corrected chi connectivity index (χ1v) is 6.99. The Kier molecular flexibility index (Phi) is 4.91. The van der Waals surface area contributed by atoms with Crippen molar-refractivity contribution in [2.45, 2.75) is 32.1 Å². The Morgan fingerprint density at radius 3 is 2.74 bits per heavy atom. The van der Waals surface area contributed by atoms with Crippen LogP contribution in [0.1, 0.15) is 32.1 Å². The van der Waals surface area contributed by atoms with Gasteiger partial charge < -0.3 is 10.6 Å². The Morgan fingerprint density at radius 1 is 1.37 bits per heavy atom. The fourth-order valence-electron chi connectivity index (χ4n) is 2.65. The molecule has 1 aromatic rings. The van der Waals surface area contributed by atoms with E-state index in [0.29, 0.717) is 18.8 Å². The molecule has 1 saturated carbocycles. The second kappa shape index (κ2) is 6.66. The van der Waals surface area contributed by atoms with E-state index in [1.807, 2.05) is 0 Å². The molecule has 3 nitrogen and oxygen atoms in total. The van der Waals surface area contributed by atoms with Crippen molar-refractivity contribution >= 4 is 11.6 Å². The maximum Gasteiger partial charge on any atom is 0.230 e. The van der Waals surface area contributed by atoms with Crippen LogP contribution < -0.4 is 10.6 Å². The first-order valence-electron chi connectivity index (χ1n) is 6.99. The number of carbonyl (C=O) groups excluding carboxylic acids is 1. The molecule has 1 aliphatic rings. The summed E-state index contributed by atoms with van der Waals surface area (Å²) in [6, 6.07) is 6.24. The van der Waals surface area contributed by atoms with Crippen LogP contribution in [0.4, 0.5) is 10.1 Å². The summed E-state index contributed by atoms with van der Waals surface area (Å²) in [5, 5.41) is 0. The standard InChI is InChI=1S/C15H21FN2O/c16-13-7-3-8-14(11-13)18(10-4-9-17)15(19)12-5-1-2-6-12/h3,7-8,11-12H,1-2,4-6,9-10,17H2. The highest BCUT2D eigenvalue weighted by Crippen LogP contribution is 2.28. The normalized spacial score (nSPS) is 15.7. The van der Waals surface area contributed by atoms with E-state index in [1.54, 1.807) is 17.0 Å². The predicted octanol–water partition coefficient (Wildman–Crippen LogP) is 2.70. The molecule has 0 atom stereocenters. The number of rotatable bonds is 5. The maximum absolute atomic E-state index is 13.3. The van der Waals surface area contributed by atoms with Gasteiger partial charge in [-0.15, -0.1) is 0 Å². The summed E-state index contributed by atoms with van der Waals surface area (Å²) in [5.74, 6) is -0.0907. The molecule has 0 unspecified atom stereocenters. The number of hydrogen-bond donors (Lipinski definition) is 1. The maximum atomic E-state index is 13.3. The highest BCUT2D eigenvalue weighted by molar-refractivity contribution is 5.95. The van der Waals surface area contributed by atoms with Gasteiger partial charge in [0.15, 0.2) is 0 Å². The van der Waals surface area contributed by atoms with Gasteiger partial charge in [0.25, 0.3) is 0 Å². The molecule has 0 aliphatic heterocycles. The van der Waals surface area contributed by atoms with Crippen molar-refractivity contribution in [3.8, 4) is 0 Å². The van der Waals surface area contributed by atoms with E-state index in [2.05, 4.69) is 0 Å². The average Bonchev–Trinajstić information content (AvgIpc) is 2.93. The first-order chi connectivity index (χ1) is 9.22. The van der Waals surface area contributed by atoms with Gasteiger partial charge in [0.2, 0.25) is 5.91 Å². The van der Waals surface area contributed by atoms with Crippen LogP contribution in [-0.4, -0.2) is 19.0 Å². The van der Waals surface area contributed by atoms with Gasteiger partial charge in [-0.2, -0.15) is 0 Å². The molecular weight excluding hydrogens is 243 g/mol. The molecule has 0 bridgehead atoms. The van der Waals surface area contributed by atoms with Crippen molar-refractivity contribution in [1.29, 1.82) is 0 Å². The molecule has 104 valence electrons. The molecule has 2 rings (SSSR count).